The molecule has 0 atom stereocenters. The average Bonchev–Trinajstić information content (AvgIpc) is 2.90. The molecule has 23 heavy (non-hydrogen) atoms. The van der Waals surface area contributed by atoms with Crippen LogP contribution in [0, 0.1) is 0 Å². The quantitative estimate of drug-likeness (QED) is 0.778. The van der Waals surface area contributed by atoms with E-state index in [2.05, 4.69) is 27.2 Å². The first kappa shape index (κ1) is 16.2. The standard InChI is InChI=1S/C15H18N4O2S2/c1-2-22-15-19-11(7-23-15)5-14(21)18-10-3-9(4-10)12-6-13(20)17-8-16-12/h6-10H,2-5H2,1H3,(H,18,21)(H,16,17,20). The number of amides is 1. The van der Waals surface area contributed by atoms with E-state index in [4.69, 9.17) is 0 Å². The number of carbonyl (C=O) groups excluding carboxylic acids is 1. The predicted molar refractivity (Wildman–Crippen MR) is 91.0 cm³/mol. The van der Waals surface area contributed by atoms with Crippen LogP contribution < -0.4 is 10.9 Å². The minimum atomic E-state index is -0.133. The van der Waals surface area contributed by atoms with E-state index in [9.17, 15) is 9.59 Å². The molecule has 1 amide bonds. The average molecular weight is 350 g/mol. The molecule has 0 bridgehead atoms. The summed E-state index contributed by atoms with van der Waals surface area (Å²) in [5.41, 5.74) is 1.50. The molecule has 1 saturated carbocycles. The lowest BCUT2D eigenvalue weighted by atomic mass is 9.78. The smallest absolute Gasteiger partial charge is 0.250 e. The zero-order valence-corrected chi connectivity index (χ0v) is 14.4. The Labute approximate surface area is 142 Å². The van der Waals surface area contributed by atoms with Crippen LogP contribution in [0.5, 0.6) is 0 Å². The second-order valence-corrected chi connectivity index (χ2v) is 7.85. The Morgan fingerprint density at radius 3 is 3.09 bits per heavy atom. The fourth-order valence-corrected chi connectivity index (χ4v) is 4.33. The van der Waals surface area contributed by atoms with Gasteiger partial charge in [-0.1, -0.05) is 18.7 Å². The highest BCUT2D eigenvalue weighted by atomic mass is 32.2. The van der Waals surface area contributed by atoms with Crippen molar-refractivity contribution in [3.8, 4) is 0 Å². The monoisotopic (exact) mass is 350 g/mol. The van der Waals surface area contributed by atoms with Crippen LogP contribution in [-0.2, 0) is 11.2 Å². The highest BCUT2D eigenvalue weighted by molar-refractivity contribution is 8.00. The van der Waals surface area contributed by atoms with Crippen molar-refractivity contribution in [1.29, 1.82) is 0 Å². The molecule has 1 aliphatic carbocycles. The van der Waals surface area contributed by atoms with Gasteiger partial charge >= 0.3 is 0 Å². The number of aromatic nitrogens is 3. The molecule has 2 aromatic heterocycles. The minimum Gasteiger partial charge on any atom is -0.353 e. The van der Waals surface area contributed by atoms with Gasteiger partial charge in [0.15, 0.2) is 0 Å². The lowest BCUT2D eigenvalue weighted by molar-refractivity contribution is -0.121. The van der Waals surface area contributed by atoms with E-state index in [0.717, 1.165) is 34.3 Å². The molecular weight excluding hydrogens is 332 g/mol. The lowest BCUT2D eigenvalue weighted by Gasteiger charge is -2.35. The predicted octanol–water partition coefficient (Wildman–Crippen LogP) is 1.94. The summed E-state index contributed by atoms with van der Waals surface area (Å²) in [6, 6.07) is 1.70. The molecule has 122 valence electrons. The van der Waals surface area contributed by atoms with Gasteiger partial charge < -0.3 is 10.3 Å². The molecule has 1 fully saturated rings. The number of carbonyl (C=O) groups is 1. The Bertz CT molecular complexity index is 737. The van der Waals surface area contributed by atoms with E-state index < -0.39 is 0 Å². The topological polar surface area (TPSA) is 87.7 Å². The Morgan fingerprint density at radius 2 is 2.35 bits per heavy atom. The van der Waals surface area contributed by atoms with Crippen molar-refractivity contribution >= 4 is 29.0 Å². The van der Waals surface area contributed by atoms with Crippen molar-refractivity contribution in [2.75, 3.05) is 5.75 Å². The molecule has 0 aromatic carbocycles. The van der Waals surface area contributed by atoms with Crippen LogP contribution in [0.3, 0.4) is 0 Å². The normalized spacial score (nSPS) is 20.0. The van der Waals surface area contributed by atoms with Crippen LogP contribution in [-0.4, -0.2) is 32.7 Å². The highest BCUT2D eigenvalue weighted by Crippen LogP contribution is 2.35. The summed E-state index contributed by atoms with van der Waals surface area (Å²) < 4.78 is 1.01. The van der Waals surface area contributed by atoms with Crippen LogP contribution in [0.1, 0.15) is 37.1 Å². The molecule has 8 heteroatoms. The lowest BCUT2D eigenvalue weighted by Crippen LogP contribution is -2.44. The maximum Gasteiger partial charge on any atom is 0.250 e. The molecule has 0 saturated heterocycles. The number of rotatable bonds is 6. The number of thioether (sulfide) groups is 1. The zero-order chi connectivity index (χ0) is 16.2. The molecule has 0 aliphatic heterocycles. The van der Waals surface area contributed by atoms with Crippen molar-refractivity contribution in [2.45, 2.75) is 42.5 Å². The number of nitrogens with one attached hydrogen (secondary N) is 2. The molecule has 0 spiro atoms. The molecule has 1 aliphatic rings. The number of thiazole rings is 1. The van der Waals surface area contributed by atoms with E-state index in [1.165, 1.54) is 12.4 Å². The van der Waals surface area contributed by atoms with Crippen LogP contribution in [0.25, 0.3) is 0 Å². The first-order valence-electron chi connectivity index (χ1n) is 7.55. The summed E-state index contributed by atoms with van der Waals surface area (Å²) in [6.07, 6.45) is 3.41. The Hall–Kier alpha value is -1.67. The second kappa shape index (κ2) is 7.27. The number of hydrogen-bond donors (Lipinski definition) is 2. The second-order valence-electron chi connectivity index (χ2n) is 5.48. The van der Waals surface area contributed by atoms with Gasteiger partial charge in [0.1, 0.15) is 4.34 Å². The summed E-state index contributed by atoms with van der Waals surface area (Å²) in [6.45, 7) is 2.08. The molecule has 0 radical (unpaired) electrons. The summed E-state index contributed by atoms with van der Waals surface area (Å²) in [5.74, 6) is 1.25. The number of hydrogen-bond acceptors (Lipinski definition) is 6. The van der Waals surface area contributed by atoms with Crippen LogP contribution in [0.4, 0.5) is 0 Å². The van der Waals surface area contributed by atoms with E-state index in [-0.39, 0.29) is 23.4 Å². The van der Waals surface area contributed by atoms with Gasteiger partial charge in [-0.05, 0) is 18.6 Å². The molecule has 2 heterocycles. The third-order valence-corrected chi connectivity index (χ3v) is 5.71. The molecule has 6 nitrogen and oxygen atoms in total. The van der Waals surface area contributed by atoms with Gasteiger partial charge in [-0.3, -0.25) is 9.59 Å². The van der Waals surface area contributed by atoms with Crippen LogP contribution in [0.2, 0.25) is 0 Å². The maximum atomic E-state index is 12.1. The van der Waals surface area contributed by atoms with Crippen molar-refractivity contribution in [3.63, 3.8) is 0 Å². The van der Waals surface area contributed by atoms with E-state index in [1.54, 1.807) is 23.1 Å². The Morgan fingerprint density at radius 1 is 1.52 bits per heavy atom. The fraction of sp³-hybridized carbons (Fsp3) is 0.467. The van der Waals surface area contributed by atoms with E-state index in [0.29, 0.717) is 6.42 Å². The van der Waals surface area contributed by atoms with Crippen molar-refractivity contribution in [1.82, 2.24) is 20.3 Å². The largest absolute Gasteiger partial charge is 0.353 e. The summed E-state index contributed by atoms with van der Waals surface area (Å²) in [5, 5.41) is 4.97. The summed E-state index contributed by atoms with van der Waals surface area (Å²) in [7, 11) is 0. The van der Waals surface area contributed by atoms with Gasteiger partial charge in [0, 0.05) is 23.4 Å². The molecule has 3 rings (SSSR count). The number of H-pyrrole nitrogens is 1. The van der Waals surface area contributed by atoms with Crippen molar-refractivity contribution < 1.29 is 4.79 Å². The summed E-state index contributed by atoms with van der Waals surface area (Å²) >= 11 is 3.28. The summed E-state index contributed by atoms with van der Waals surface area (Å²) in [4.78, 5) is 34.5. The molecule has 2 aromatic rings. The van der Waals surface area contributed by atoms with Crippen LogP contribution in [0.15, 0.2) is 26.9 Å². The molecular formula is C15H18N4O2S2. The molecule has 2 N–H and O–H groups in total. The first-order valence-corrected chi connectivity index (χ1v) is 9.41. The Balaban J connectivity index is 1.45. The maximum absolute atomic E-state index is 12.1. The Kier molecular flexibility index (Phi) is 5.12. The number of aromatic amines is 1. The number of nitrogens with zero attached hydrogens (tertiary/aromatic N) is 2. The van der Waals surface area contributed by atoms with Gasteiger partial charge in [0.25, 0.3) is 5.56 Å². The van der Waals surface area contributed by atoms with Gasteiger partial charge in [0.2, 0.25) is 5.91 Å². The SMILES string of the molecule is CCSc1nc(CC(=O)NC2CC(c3cc(=O)[nH]cn3)C2)cs1. The van der Waals surface area contributed by atoms with E-state index >= 15 is 0 Å². The van der Waals surface area contributed by atoms with Crippen molar-refractivity contribution in [3.05, 3.63) is 39.5 Å². The zero-order valence-electron chi connectivity index (χ0n) is 12.7. The molecule has 0 unspecified atom stereocenters. The highest BCUT2D eigenvalue weighted by Gasteiger charge is 2.32. The van der Waals surface area contributed by atoms with Crippen molar-refractivity contribution in [2.24, 2.45) is 0 Å². The first-order chi connectivity index (χ1) is 11.1. The van der Waals surface area contributed by atoms with Gasteiger partial charge in [-0.15, -0.1) is 11.3 Å². The van der Waals surface area contributed by atoms with Gasteiger partial charge in [-0.25, -0.2) is 9.97 Å². The van der Waals surface area contributed by atoms with Gasteiger partial charge in [-0.2, -0.15) is 0 Å². The minimum absolute atomic E-state index is 0.00525. The fourth-order valence-electron chi connectivity index (χ4n) is 2.59. The van der Waals surface area contributed by atoms with Crippen LogP contribution >= 0.6 is 23.1 Å². The third-order valence-electron chi connectivity index (χ3n) is 3.76. The van der Waals surface area contributed by atoms with E-state index in [1.807, 2.05) is 5.38 Å². The van der Waals surface area contributed by atoms with Gasteiger partial charge in [0.05, 0.1) is 24.1 Å². The third kappa shape index (κ3) is 4.20.